The van der Waals surface area contributed by atoms with Gasteiger partial charge in [0, 0.05) is 12.7 Å². The molecule has 4 rings (SSSR count). The van der Waals surface area contributed by atoms with E-state index in [0.717, 1.165) is 11.3 Å². The number of amides is 1. The molecule has 0 saturated carbocycles. The number of benzene rings is 1. The number of nitrogens with one attached hydrogen (secondary N) is 1. The van der Waals surface area contributed by atoms with Gasteiger partial charge >= 0.3 is 0 Å². The molecule has 10 heteroatoms. The molecule has 2 atom stereocenters. The molecule has 31 heavy (non-hydrogen) atoms. The number of aromatic nitrogens is 2. The van der Waals surface area contributed by atoms with Gasteiger partial charge in [0.2, 0.25) is 5.88 Å². The third-order valence-electron chi connectivity index (χ3n) is 5.13. The van der Waals surface area contributed by atoms with Crippen LogP contribution < -0.4 is 14.8 Å². The van der Waals surface area contributed by atoms with Gasteiger partial charge in [0.15, 0.2) is 5.69 Å². The first kappa shape index (κ1) is 21.1. The van der Waals surface area contributed by atoms with E-state index in [0.29, 0.717) is 43.9 Å². The van der Waals surface area contributed by atoms with Crippen LogP contribution in [0.15, 0.2) is 24.3 Å². The molecule has 1 aromatic carbocycles. The van der Waals surface area contributed by atoms with Crippen LogP contribution in [0.3, 0.4) is 0 Å². The Morgan fingerprint density at radius 3 is 3.06 bits per heavy atom. The topological polar surface area (TPSA) is 98.4 Å². The fourth-order valence-corrected chi connectivity index (χ4v) is 3.69. The Labute approximate surface area is 177 Å². The zero-order valence-corrected chi connectivity index (χ0v) is 16.7. The largest absolute Gasteiger partial charge is 0.491 e. The Kier molecular flexibility index (Phi) is 6.32. The molecule has 0 spiro atoms. The van der Waals surface area contributed by atoms with E-state index in [1.165, 1.54) is 0 Å². The molecule has 164 valence electrons. The monoisotopic (exact) mass is 432 g/mol. The molecule has 1 amide bonds. The Morgan fingerprint density at radius 1 is 1.42 bits per heavy atom. The summed E-state index contributed by atoms with van der Waals surface area (Å²) >= 11 is 0. The van der Waals surface area contributed by atoms with E-state index in [1.807, 2.05) is 0 Å². The molecule has 0 radical (unpaired) electrons. The molecule has 1 N–H and O–H groups in total. The van der Waals surface area contributed by atoms with Crippen LogP contribution in [0.1, 0.15) is 34.5 Å². The second kappa shape index (κ2) is 9.31. The quantitative estimate of drug-likeness (QED) is 0.643. The van der Waals surface area contributed by atoms with E-state index in [9.17, 15) is 13.6 Å². The summed E-state index contributed by atoms with van der Waals surface area (Å²) in [5.41, 5.74) is 1.68. The van der Waals surface area contributed by atoms with Gasteiger partial charge in [-0.3, -0.25) is 4.79 Å². The van der Waals surface area contributed by atoms with Crippen molar-refractivity contribution in [2.24, 2.45) is 0 Å². The molecule has 1 aromatic heterocycles. The molecule has 0 fully saturated rings. The van der Waals surface area contributed by atoms with Crippen molar-refractivity contribution in [2.75, 3.05) is 19.8 Å². The number of nitrogens with zero attached hydrogens (tertiary/aromatic N) is 3. The zero-order valence-electron chi connectivity index (χ0n) is 16.7. The summed E-state index contributed by atoms with van der Waals surface area (Å²) in [6, 6.07) is 8.70. The van der Waals surface area contributed by atoms with Crippen LogP contribution in [0.5, 0.6) is 11.6 Å². The Bertz CT molecular complexity index is 965. The van der Waals surface area contributed by atoms with Crippen LogP contribution in [0, 0.1) is 11.3 Å². The van der Waals surface area contributed by atoms with Gasteiger partial charge in [-0.15, -0.1) is 0 Å². The van der Waals surface area contributed by atoms with E-state index in [2.05, 4.69) is 16.5 Å². The molecule has 2 aliphatic heterocycles. The summed E-state index contributed by atoms with van der Waals surface area (Å²) in [4.78, 5) is 12.6. The van der Waals surface area contributed by atoms with E-state index < -0.39 is 13.0 Å². The minimum atomic E-state index is -2.46. The smallest absolute Gasteiger partial charge is 0.272 e. The van der Waals surface area contributed by atoms with Crippen LogP contribution in [-0.4, -0.2) is 54.1 Å². The van der Waals surface area contributed by atoms with E-state index in [-0.39, 0.29) is 30.4 Å². The zero-order chi connectivity index (χ0) is 21.8. The number of rotatable bonds is 8. The maximum Gasteiger partial charge on any atom is 0.272 e. The SMILES string of the molecule is N#Cc1ccc2c(c1)C[C@@H](NC(=O)c1cc3n(n1)C[C@@H](CCCOCC(F)F)O3)CO2. The first-order chi connectivity index (χ1) is 15.0. The Hall–Kier alpha value is -3.19. The molecule has 0 aliphatic carbocycles. The predicted molar refractivity (Wildman–Crippen MR) is 104 cm³/mol. The van der Waals surface area contributed by atoms with Gasteiger partial charge in [0.05, 0.1) is 24.2 Å². The Morgan fingerprint density at radius 2 is 2.29 bits per heavy atom. The van der Waals surface area contributed by atoms with Gasteiger partial charge < -0.3 is 19.5 Å². The lowest BCUT2D eigenvalue weighted by Crippen LogP contribution is -2.43. The van der Waals surface area contributed by atoms with Crippen molar-refractivity contribution >= 4 is 5.91 Å². The summed E-state index contributed by atoms with van der Waals surface area (Å²) in [6.07, 6.45) is -0.755. The lowest BCUT2D eigenvalue weighted by atomic mass is 10.0. The van der Waals surface area contributed by atoms with Crippen molar-refractivity contribution in [1.29, 1.82) is 5.26 Å². The first-order valence-electron chi connectivity index (χ1n) is 10.1. The van der Waals surface area contributed by atoms with Gasteiger partial charge in [0.25, 0.3) is 12.3 Å². The third kappa shape index (κ3) is 5.11. The number of nitriles is 1. The highest BCUT2D eigenvalue weighted by molar-refractivity contribution is 5.92. The number of carbonyl (C=O) groups is 1. The van der Waals surface area contributed by atoms with Crippen molar-refractivity contribution in [3.63, 3.8) is 0 Å². The van der Waals surface area contributed by atoms with Gasteiger partial charge in [-0.1, -0.05) is 0 Å². The second-order valence-electron chi connectivity index (χ2n) is 7.52. The fraction of sp³-hybridized carbons (Fsp3) is 0.476. The molecule has 3 heterocycles. The molecule has 0 saturated heterocycles. The Balaban J connectivity index is 1.26. The highest BCUT2D eigenvalue weighted by atomic mass is 19.3. The maximum atomic E-state index is 12.6. The molecule has 0 unspecified atom stereocenters. The van der Waals surface area contributed by atoms with Crippen molar-refractivity contribution in [3.8, 4) is 17.7 Å². The minimum Gasteiger partial charge on any atom is -0.491 e. The van der Waals surface area contributed by atoms with Crippen molar-refractivity contribution in [1.82, 2.24) is 15.1 Å². The summed E-state index contributed by atoms with van der Waals surface area (Å²) in [7, 11) is 0. The minimum absolute atomic E-state index is 0.118. The van der Waals surface area contributed by atoms with Crippen LogP contribution in [0.2, 0.25) is 0 Å². The van der Waals surface area contributed by atoms with Crippen LogP contribution >= 0.6 is 0 Å². The average molecular weight is 432 g/mol. The van der Waals surface area contributed by atoms with E-state index in [4.69, 9.17) is 19.5 Å². The van der Waals surface area contributed by atoms with Gasteiger partial charge in [-0.05, 0) is 43.0 Å². The first-order valence-corrected chi connectivity index (χ1v) is 10.1. The number of halogens is 2. The highest BCUT2D eigenvalue weighted by Gasteiger charge is 2.28. The van der Waals surface area contributed by atoms with Crippen molar-refractivity contribution in [2.45, 2.75) is 44.4 Å². The number of hydrogen-bond acceptors (Lipinski definition) is 6. The van der Waals surface area contributed by atoms with Crippen molar-refractivity contribution in [3.05, 3.63) is 41.1 Å². The molecule has 2 aliphatic rings. The maximum absolute atomic E-state index is 12.6. The lowest BCUT2D eigenvalue weighted by Gasteiger charge is -2.26. The van der Waals surface area contributed by atoms with E-state index in [1.54, 1.807) is 28.9 Å². The standard InChI is InChI=1S/C21H22F2N4O4/c22-19(23)12-29-5-1-2-16-10-27-20(31-16)8-17(26-27)21(28)25-15-7-14-6-13(9-24)3-4-18(14)30-11-15/h3-4,6,8,15-16,19H,1-2,5,7,10-12H2,(H,25,28)/t15-,16-/m1/s1. The number of carbonyl (C=O) groups excluding carboxylic acids is 1. The van der Waals surface area contributed by atoms with Gasteiger partial charge in [0.1, 0.15) is 25.1 Å². The van der Waals surface area contributed by atoms with Gasteiger partial charge in [-0.2, -0.15) is 10.4 Å². The lowest BCUT2D eigenvalue weighted by molar-refractivity contribution is 0.0142. The normalized spacial score (nSPS) is 19.2. The molecular formula is C21H22F2N4O4. The summed E-state index contributed by atoms with van der Waals surface area (Å²) in [5.74, 6) is 0.910. The third-order valence-corrected chi connectivity index (χ3v) is 5.13. The van der Waals surface area contributed by atoms with Crippen molar-refractivity contribution < 1.29 is 27.8 Å². The summed E-state index contributed by atoms with van der Waals surface area (Å²) in [6.45, 7) is 0.532. The number of hydrogen-bond donors (Lipinski definition) is 1. The number of alkyl halides is 2. The molecule has 2 aromatic rings. The van der Waals surface area contributed by atoms with Crippen LogP contribution in [-0.2, 0) is 17.7 Å². The fourth-order valence-electron chi connectivity index (χ4n) is 3.69. The summed E-state index contributed by atoms with van der Waals surface area (Å²) in [5, 5.41) is 16.3. The van der Waals surface area contributed by atoms with Crippen LogP contribution in [0.4, 0.5) is 8.78 Å². The van der Waals surface area contributed by atoms with E-state index >= 15 is 0 Å². The summed E-state index contributed by atoms with van der Waals surface area (Å²) < 4.78 is 42.0. The number of ether oxygens (including phenoxy) is 3. The molecular weight excluding hydrogens is 410 g/mol. The van der Waals surface area contributed by atoms with Crippen LogP contribution in [0.25, 0.3) is 0 Å². The average Bonchev–Trinajstić information content (AvgIpc) is 3.31. The van der Waals surface area contributed by atoms with Gasteiger partial charge in [-0.25, -0.2) is 13.5 Å². The molecule has 8 nitrogen and oxygen atoms in total. The second-order valence-corrected chi connectivity index (χ2v) is 7.52. The predicted octanol–water partition coefficient (Wildman–Crippen LogP) is 2.31. The molecule has 0 bridgehead atoms. The number of fused-ring (bicyclic) bond motifs is 2. The highest BCUT2D eigenvalue weighted by Crippen LogP contribution is 2.27.